The fourth-order valence-electron chi connectivity index (χ4n) is 1.80. The number of amides is 2. The Morgan fingerprint density at radius 3 is 2.59 bits per heavy atom. The first-order valence-electron chi connectivity index (χ1n) is 5.71. The minimum atomic E-state index is -1.05. The van der Waals surface area contributed by atoms with Crippen LogP contribution in [0.25, 0.3) is 0 Å². The second-order valence-corrected chi connectivity index (χ2v) is 3.96. The first kappa shape index (κ1) is 13.7. The molecule has 1 aliphatic heterocycles. The largest absolute Gasteiger partial charge is 0.480 e. The summed E-state index contributed by atoms with van der Waals surface area (Å²) in [6.45, 7) is 3.12. The molecule has 0 atom stereocenters. The molecule has 1 fully saturated rings. The van der Waals surface area contributed by atoms with E-state index in [-0.39, 0.29) is 19.2 Å². The molecule has 1 heterocycles. The molecule has 1 saturated heterocycles. The zero-order valence-electron chi connectivity index (χ0n) is 9.76. The lowest BCUT2D eigenvalue weighted by molar-refractivity contribution is -0.135. The molecule has 0 radical (unpaired) electrons. The maximum absolute atomic E-state index is 11.6. The van der Waals surface area contributed by atoms with Gasteiger partial charge in [0.25, 0.3) is 0 Å². The lowest BCUT2D eigenvalue weighted by Crippen LogP contribution is -2.43. The lowest BCUT2D eigenvalue weighted by atomic mass is 10.4. The molecule has 17 heavy (non-hydrogen) atoms. The van der Waals surface area contributed by atoms with E-state index in [1.54, 1.807) is 4.90 Å². The van der Waals surface area contributed by atoms with Crippen LogP contribution < -0.4 is 5.32 Å². The van der Waals surface area contributed by atoms with Crippen LogP contribution >= 0.6 is 0 Å². The number of nitrogens with zero attached hydrogens (tertiary/aromatic N) is 2. The second kappa shape index (κ2) is 7.08. The predicted octanol–water partition coefficient (Wildman–Crippen LogP) is -1.22. The third-order valence-electron chi connectivity index (χ3n) is 2.68. The molecule has 0 saturated carbocycles. The van der Waals surface area contributed by atoms with E-state index in [1.807, 2.05) is 0 Å². The normalized spacial score (nSPS) is 17.6. The van der Waals surface area contributed by atoms with Gasteiger partial charge >= 0.3 is 12.0 Å². The summed E-state index contributed by atoms with van der Waals surface area (Å²) in [5.74, 6) is -1.05. The summed E-state index contributed by atoms with van der Waals surface area (Å²) in [6, 6.07) is -0.335. The van der Waals surface area contributed by atoms with Crippen molar-refractivity contribution < 1.29 is 19.8 Å². The summed E-state index contributed by atoms with van der Waals surface area (Å²) in [7, 11) is 0. The summed E-state index contributed by atoms with van der Waals surface area (Å²) in [6.07, 6.45) is 0.834. The van der Waals surface area contributed by atoms with Crippen LogP contribution in [-0.4, -0.2) is 77.9 Å². The number of carboxylic acid groups (broad SMARTS) is 1. The number of rotatable bonds is 4. The van der Waals surface area contributed by atoms with Crippen LogP contribution in [0.3, 0.4) is 0 Å². The number of hydrogen-bond acceptors (Lipinski definition) is 4. The van der Waals surface area contributed by atoms with Gasteiger partial charge in [-0.15, -0.1) is 0 Å². The van der Waals surface area contributed by atoms with Crippen LogP contribution in [0.1, 0.15) is 6.42 Å². The number of aliphatic hydroxyl groups is 1. The average molecular weight is 245 g/mol. The van der Waals surface area contributed by atoms with Crippen molar-refractivity contribution in [2.75, 3.05) is 45.9 Å². The Hall–Kier alpha value is -1.34. The van der Waals surface area contributed by atoms with Gasteiger partial charge in [0.15, 0.2) is 0 Å². The van der Waals surface area contributed by atoms with Gasteiger partial charge in [-0.3, -0.25) is 9.69 Å². The maximum atomic E-state index is 11.6. The van der Waals surface area contributed by atoms with E-state index in [9.17, 15) is 9.59 Å². The van der Waals surface area contributed by atoms with Gasteiger partial charge in [-0.2, -0.15) is 0 Å². The molecule has 2 amide bonds. The van der Waals surface area contributed by atoms with Gasteiger partial charge in [0, 0.05) is 26.2 Å². The summed E-state index contributed by atoms with van der Waals surface area (Å²) in [5.41, 5.74) is 0. The zero-order chi connectivity index (χ0) is 12.7. The number of aliphatic hydroxyl groups excluding tert-OH is 1. The molecule has 3 N–H and O–H groups in total. The molecule has 1 rings (SSSR count). The van der Waals surface area contributed by atoms with Crippen molar-refractivity contribution in [3.63, 3.8) is 0 Å². The second-order valence-electron chi connectivity index (χ2n) is 3.96. The molecule has 7 nitrogen and oxygen atoms in total. The Kier molecular flexibility index (Phi) is 5.71. The molecule has 0 aromatic heterocycles. The van der Waals surface area contributed by atoms with E-state index in [4.69, 9.17) is 10.2 Å². The fourth-order valence-corrected chi connectivity index (χ4v) is 1.80. The Balaban J connectivity index is 2.34. The number of hydrogen-bond donors (Lipinski definition) is 3. The van der Waals surface area contributed by atoms with Crippen LogP contribution in [0.15, 0.2) is 0 Å². The molecule has 1 aliphatic rings. The van der Waals surface area contributed by atoms with E-state index in [1.165, 1.54) is 0 Å². The molecule has 0 unspecified atom stereocenters. The number of urea groups is 1. The molecular weight excluding hydrogens is 226 g/mol. The van der Waals surface area contributed by atoms with Gasteiger partial charge in [0.05, 0.1) is 6.61 Å². The van der Waals surface area contributed by atoms with Crippen molar-refractivity contribution in [2.24, 2.45) is 0 Å². The standard InChI is InChI=1S/C10H19N3O4/c14-7-6-12-2-1-3-13(5-4-12)10(17)11-8-9(15)16/h14H,1-8H2,(H,11,17)(H,15,16). The smallest absolute Gasteiger partial charge is 0.323 e. The zero-order valence-corrected chi connectivity index (χ0v) is 9.76. The first-order chi connectivity index (χ1) is 8.13. The van der Waals surface area contributed by atoms with Gasteiger partial charge in [-0.25, -0.2) is 4.79 Å². The van der Waals surface area contributed by atoms with Crippen LogP contribution in [0.2, 0.25) is 0 Å². The molecule has 0 aromatic carbocycles. The SMILES string of the molecule is O=C(O)CNC(=O)N1CCCN(CCO)CC1. The molecule has 0 aliphatic carbocycles. The fraction of sp³-hybridized carbons (Fsp3) is 0.800. The molecule has 0 spiro atoms. The van der Waals surface area contributed by atoms with Crippen molar-refractivity contribution >= 4 is 12.0 Å². The minimum absolute atomic E-state index is 0.116. The van der Waals surface area contributed by atoms with E-state index >= 15 is 0 Å². The van der Waals surface area contributed by atoms with E-state index in [2.05, 4.69) is 10.2 Å². The summed E-state index contributed by atoms with van der Waals surface area (Å²) >= 11 is 0. The number of β-amino-alcohol motifs (C(OH)–C–C–N with tert-alkyl or cyclic N) is 1. The third kappa shape index (κ3) is 5.01. The highest BCUT2D eigenvalue weighted by Gasteiger charge is 2.18. The summed E-state index contributed by atoms with van der Waals surface area (Å²) in [4.78, 5) is 25.6. The van der Waals surface area contributed by atoms with Crippen molar-refractivity contribution in [2.45, 2.75) is 6.42 Å². The van der Waals surface area contributed by atoms with Crippen molar-refractivity contribution in [1.82, 2.24) is 15.1 Å². The quantitative estimate of drug-likeness (QED) is 0.577. The van der Waals surface area contributed by atoms with E-state index < -0.39 is 5.97 Å². The van der Waals surface area contributed by atoms with Crippen molar-refractivity contribution in [1.29, 1.82) is 0 Å². The van der Waals surface area contributed by atoms with Crippen LogP contribution in [0.5, 0.6) is 0 Å². The topological polar surface area (TPSA) is 93.1 Å². The first-order valence-corrected chi connectivity index (χ1v) is 5.71. The minimum Gasteiger partial charge on any atom is -0.480 e. The summed E-state index contributed by atoms with van der Waals surface area (Å²) < 4.78 is 0. The molecule has 7 heteroatoms. The Labute approximate surface area is 100.0 Å². The van der Waals surface area contributed by atoms with E-state index in [0.29, 0.717) is 26.2 Å². The number of aliphatic carboxylic acids is 1. The highest BCUT2D eigenvalue weighted by atomic mass is 16.4. The van der Waals surface area contributed by atoms with Crippen molar-refractivity contribution in [3.05, 3.63) is 0 Å². The van der Waals surface area contributed by atoms with Crippen LogP contribution in [0.4, 0.5) is 4.79 Å². The molecule has 0 aromatic rings. The summed E-state index contributed by atoms with van der Waals surface area (Å²) in [5, 5.41) is 19.6. The van der Waals surface area contributed by atoms with Crippen molar-refractivity contribution in [3.8, 4) is 0 Å². The van der Waals surface area contributed by atoms with Gasteiger partial charge in [-0.1, -0.05) is 0 Å². The number of carbonyl (C=O) groups is 2. The van der Waals surface area contributed by atoms with Gasteiger partial charge in [0.2, 0.25) is 0 Å². The van der Waals surface area contributed by atoms with Crippen LogP contribution in [-0.2, 0) is 4.79 Å². The van der Waals surface area contributed by atoms with Gasteiger partial charge < -0.3 is 20.4 Å². The number of nitrogens with one attached hydrogen (secondary N) is 1. The highest BCUT2D eigenvalue weighted by Crippen LogP contribution is 2.02. The van der Waals surface area contributed by atoms with Gasteiger partial charge in [-0.05, 0) is 13.0 Å². The predicted molar refractivity (Wildman–Crippen MR) is 60.8 cm³/mol. The molecular formula is C10H19N3O4. The molecule has 98 valence electrons. The average Bonchev–Trinajstić information content (AvgIpc) is 2.52. The van der Waals surface area contributed by atoms with Gasteiger partial charge in [0.1, 0.15) is 6.54 Å². The number of carboxylic acids is 1. The monoisotopic (exact) mass is 245 g/mol. The Bertz CT molecular complexity index is 272. The Morgan fingerprint density at radius 1 is 1.18 bits per heavy atom. The molecule has 0 bridgehead atoms. The number of carbonyl (C=O) groups excluding carboxylic acids is 1. The van der Waals surface area contributed by atoms with E-state index in [0.717, 1.165) is 13.0 Å². The highest BCUT2D eigenvalue weighted by molar-refractivity contribution is 5.79. The van der Waals surface area contributed by atoms with Crippen LogP contribution in [0, 0.1) is 0 Å². The lowest BCUT2D eigenvalue weighted by Gasteiger charge is -2.21. The third-order valence-corrected chi connectivity index (χ3v) is 2.68. The Morgan fingerprint density at radius 2 is 1.94 bits per heavy atom. The maximum Gasteiger partial charge on any atom is 0.323 e.